The third-order valence-corrected chi connectivity index (χ3v) is 6.00. The second kappa shape index (κ2) is 8.54. The fraction of sp³-hybridized carbons (Fsp3) is 0.583. The van der Waals surface area contributed by atoms with Crippen LogP contribution in [0.1, 0.15) is 53.7 Å². The molecular weight excluding hydrogens is 396 g/mol. The van der Waals surface area contributed by atoms with E-state index in [0.717, 1.165) is 16.7 Å². The molecule has 1 aromatic heterocycles. The zero-order valence-corrected chi connectivity index (χ0v) is 19.3. The Labute approximate surface area is 183 Å². The minimum atomic E-state index is -1.11. The molecule has 1 aliphatic carbocycles. The lowest BCUT2D eigenvalue weighted by Gasteiger charge is -2.59. The molecule has 0 spiro atoms. The molecule has 170 valence electrons. The van der Waals surface area contributed by atoms with E-state index in [-0.39, 0.29) is 12.0 Å². The third kappa shape index (κ3) is 4.71. The molecule has 2 N–H and O–H groups in total. The molecule has 0 aliphatic heterocycles. The maximum absolute atomic E-state index is 13.3. The van der Waals surface area contributed by atoms with E-state index < -0.39 is 22.6 Å². The summed E-state index contributed by atoms with van der Waals surface area (Å²) >= 11 is 0. The number of benzene rings is 1. The Morgan fingerprint density at radius 3 is 2.55 bits per heavy atom. The number of carbonyl (C=O) groups excluding carboxylic acids is 2. The molecule has 0 saturated heterocycles. The van der Waals surface area contributed by atoms with Gasteiger partial charge in [0.05, 0.1) is 6.10 Å². The highest BCUT2D eigenvalue weighted by Gasteiger charge is 2.66. The summed E-state index contributed by atoms with van der Waals surface area (Å²) < 4.78 is 17.1. The van der Waals surface area contributed by atoms with Crippen molar-refractivity contribution in [3.63, 3.8) is 0 Å². The Morgan fingerprint density at radius 2 is 1.94 bits per heavy atom. The lowest BCUT2D eigenvalue weighted by Crippen LogP contribution is -2.78. The van der Waals surface area contributed by atoms with Gasteiger partial charge in [0.15, 0.2) is 0 Å². The van der Waals surface area contributed by atoms with Crippen LogP contribution in [0.15, 0.2) is 34.7 Å². The number of alkyl carbamates (subject to hydrolysis) is 1. The van der Waals surface area contributed by atoms with E-state index in [0.29, 0.717) is 26.0 Å². The summed E-state index contributed by atoms with van der Waals surface area (Å²) in [6, 6.07) is 9.78. The number of para-hydroxylation sites is 1. The number of hydrogen-bond donors (Lipinski definition) is 2. The average Bonchev–Trinajstić information content (AvgIpc) is 3.08. The number of rotatable bonds is 7. The topological polar surface area (TPSA) is 89.8 Å². The van der Waals surface area contributed by atoms with Crippen LogP contribution in [-0.4, -0.2) is 42.4 Å². The highest BCUT2D eigenvalue weighted by Crippen LogP contribution is 2.51. The smallest absolute Gasteiger partial charge is 0.408 e. The minimum absolute atomic E-state index is 0.131. The highest BCUT2D eigenvalue weighted by atomic mass is 16.6. The first-order valence-corrected chi connectivity index (χ1v) is 10.9. The van der Waals surface area contributed by atoms with Crippen molar-refractivity contribution in [2.45, 2.75) is 71.6 Å². The van der Waals surface area contributed by atoms with Crippen molar-refractivity contribution < 1.29 is 23.5 Å². The van der Waals surface area contributed by atoms with Crippen LogP contribution in [0, 0.1) is 5.41 Å². The van der Waals surface area contributed by atoms with Gasteiger partial charge in [-0.05, 0) is 39.8 Å². The van der Waals surface area contributed by atoms with Crippen LogP contribution >= 0.6 is 0 Å². The maximum atomic E-state index is 13.3. The molecule has 1 aromatic carbocycles. The van der Waals surface area contributed by atoms with E-state index in [9.17, 15) is 9.59 Å². The molecule has 1 heterocycles. The molecule has 0 bridgehead atoms. The average molecular weight is 431 g/mol. The molecule has 3 rings (SSSR count). The van der Waals surface area contributed by atoms with Crippen molar-refractivity contribution in [3.05, 3.63) is 36.1 Å². The molecule has 7 nitrogen and oxygen atoms in total. The Kier molecular flexibility index (Phi) is 6.37. The summed E-state index contributed by atoms with van der Waals surface area (Å²) in [5.41, 5.74) is -1.53. The fourth-order valence-electron chi connectivity index (χ4n) is 4.15. The number of carbonyl (C=O) groups is 2. The van der Waals surface area contributed by atoms with Crippen LogP contribution in [0.4, 0.5) is 4.79 Å². The van der Waals surface area contributed by atoms with Gasteiger partial charge in [-0.2, -0.15) is 0 Å². The molecule has 2 atom stereocenters. The van der Waals surface area contributed by atoms with E-state index in [1.165, 1.54) is 0 Å². The minimum Gasteiger partial charge on any atom is -0.461 e. The third-order valence-electron chi connectivity index (χ3n) is 6.00. The van der Waals surface area contributed by atoms with E-state index in [1.807, 2.05) is 51.1 Å². The first kappa shape index (κ1) is 23.1. The zero-order valence-electron chi connectivity index (χ0n) is 19.3. The lowest BCUT2D eigenvalue weighted by molar-refractivity contribution is -0.178. The molecular formula is C24H34N2O5. The molecule has 1 aliphatic rings. The molecule has 31 heavy (non-hydrogen) atoms. The Bertz CT molecular complexity index is 910. The van der Waals surface area contributed by atoms with Crippen LogP contribution < -0.4 is 10.6 Å². The van der Waals surface area contributed by atoms with Gasteiger partial charge >= 0.3 is 6.09 Å². The van der Waals surface area contributed by atoms with Crippen LogP contribution in [0.3, 0.4) is 0 Å². The van der Waals surface area contributed by atoms with Gasteiger partial charge in [0.25, 0.3) is 0 Å². The molecule has 0 unspecified atom stereocenters. The molecule has 2 amide bonds. The van der Waals surface area contributed by atoms with Gasteiger partial charge in [0.2, 0.25) is 5.91 Å². The van der Waals surface area contributed by atoms with Gasteiger partial charge in [-0.15, -0.1) is 0 Å². The summed E-state index contributed by atoms with van der Waals surface area (Å²) in [7, 11) is 0. The van der Waals surface area contributed by atoms with E-state index in [4.69, 9.17) is 13.9 Å². The van der Waals surface area contributed by atoms with Crippen molar-refractivity contribution in [3.8, 4) is 0 Å². The van der Waals surface area contributed by atoms with Crippen LogP contribution in [0.5, 0.6) is 0 Å². The number of nitrogens with one attached hydrogen (secondary N) is 2. The SMILES string of the molecule is CCO[C@@H]1C[C@](NC(=O)OC(C)(C)C)(C(=O)NCCc2cc3ccccc3o2)C1(C)C. The predicted molar refractivity (Wildman–Crippen MR) is 119 cm³/mol. The lowest BCUT2D eigenvalue weighted by atomic mass is 9.53. The standard InChI is InChI=1S/C24H34N2O5/c1-7-29-19-15-24(23(19,5)6,26-21(28)31-22(2,3)4)20(27)25-13-12-17-14-16-10-8-9-11-18(16)30-17/h8-11,14,19H,7,12-13,15H2,1-6H3,(H,25,27)(H,26,28)/t19-,24+/m1/s1. The second-order valence-electron chi connectivity index (χ2n) is 9.66. The Balaban J connectivity index is 1.69. The fourth-order valence-corrected chi connectivity index (χ4v) is 4.15. The van der Waals surface area contributed by atoms with Crippen molar-refractivity contribution in [1.82, 2.24) is 10.6 Å². The quantitative estimate of drug-likeness (QED) is 0.687. The van der Waals surface area contributed by atoms with E-state index in [1.54, 1.807) is 20.8 Å². The number of furan rings is 1. The van der Waals surface area contributed by atoms with Crippen LogP contribution in [-0.2, 0) is 20.7 Å². The van der Waals surface area contributed by atoms with Gasteiger partial charge in [-0.25, -0.2) is 4.79 Å². The molecule has 2 aromatic rings. The summed E-state index contributed by atoms with van der Waals surface area (Å²) in [5, 5.41) is 6.87. The normalized spacial score (nSPS) is 22.6. The van der Waals surface area contributed by atoms with E-state index in [2.05, 4.69) is 10.6 Å². The van der Waals surface area contributed by atoms with Gasteiger partial charge in [-0.1, -0.05) is 32.0 Å². The number of amides is 2. The van der Waals surface area contributed by atoms with Crippen molar-refractivity contribution in [1.29, 1.82) is 0 Å². The van der Waals surface area contributed by atoms with E-state index >= 15 is 0 Å². The Hall–Kier alpha value is -2.54. The summed E-state index contributed by atoms with van der Waals surface area (Å²) in [6.45, 7) is 12.1. The second-order valence-corrected chi connectivity index (χ2v) is 9.66. The van der Waals surface area contributed by atoms with Gasteiger partial charge in [0.1, 0.15) is 22.5 Å². The van der Waals surface area contributed by atoms with Crippen molar-refractivity contribution in [2.24, 2.45) is 5.41 Å². The van der Waals surface area contributed by atoms with Crippen LogP contribution in [0.25, 0.3) is 11.0 Å². The summed E-state index contributed by atoms with van der Waals surface area (Å²) in [5.74, 6) is 0.561. The highest BCUT2D eigenvalue weighted by molar-refractivity contribution is 5.92. The largest absolute Gasteiger partial charge is 0.461 e. The van der Waals surface area contributed by atoms with Gasteiger partial charge < -0.3 is 24.5 Å². The summed E-state index contributed by atoms with van der Waals surface area (Å²) in [6.07, 6.45) is 0.207. The first-order valence-electron chi connectivity index (χ1n) is 10.9. The number of ether oxygens (including phenoxy) is 2. The molecule has 0 radical (unpaired) electrons. The number of hydrogen-bond acceptors (Lipinski definition) is 5. The molecule has 1 fully saturated rings. The summed E-state index contributed by atoms with van der Waals surface area (Å²) in [4.78, 5) is 25.9. The first-order chi connectivity index (χ1) is 14.5. The number of fused-ring (bicyclic) bond motifs is 1. The molecule has 7 heteroatoms. The maximum Gasteiger partial charge on any atom is 0.408 e. The zero-order chi connectivity index (χ0) is 22.9. The molecule has 1 saturated carbocycles. The van der Waals surface area contributed by atoms with Crippen LogP contribution in [0.2, 0.25) is 0 Å². The monoisotopic (exact) mass is 430 g/mol. The van der Waals surface area contributed by atoms with Gasteiger partial charge in [0, 0.05) is 36.8 Å². The van der Waals surface area contributed by atoms with Crippen molar-refractivity contribution >= 4 is 23.0 Å². The predicted octanol–water partition coefficient (Wildman–Crippen LogP) is 4.19. The van der Waals surface area contributed by atoms with Gasteiger partial charge in [-0.3, -0.25) is 4.79 Å². The van der Waals surface area contributed by atoms with Crippen molar-refractivity contribution in [2.75, 3.05) is 13.2 Å². The Morgan fingerprint density at radius 1 is 1.23 bits per heavy atom.